The topological polar surface area (TPSA) is 72.8 Å². The van der Waals surface area contributed by atoms with E-state index in [1.54, 1.807) is 19.2 Å². The Morgan fingerprint density at radius 1 is 1.43 bits per heavy atom. The Balaban J connectivity index is 1.97. The highest BCUT2D eigenvalue weighted by Gasteiger charge is 2.53. The largest absolute Gasteiger partial charge is 0.633 e. The first kappa shape index (κ1) is 13.1. The van der Waals surface area contributed by atoms with Gasteiger partial charge in [0.15, 0.2) is 11.5 Å². The number of hydrogen-bond donors (Lipinski definition) is 2. The van der Waals surface area contributed by atoms with E-state index in [1.807, 2.05) is 12.1 Å². The van der Waals surface area contributed by atoms with Crippen LogP contribution in [0.25, 0.3) is 0 Å². The maximum Gasteiger partial charge on any atom is 0.166 e. The summed E-state index contributed by atoms with van der Waals surface area (Å²) >= 11 is 0. The summed E-state index contributed by atoms with van der Waals surface area (Å²) in [5.74, 6) is 0.616. The Labute approximate surface area is 123 Å². The monoisotopic (exact) mass is 289 g/mol. The van der Waals surface area contributed by atoms with Crippen LogP contribution in [0.4, 0.5) is 0 Å². The zero-order chi connectivity index (χ0) is 14.8. The van der Waals surface area contributed by atoms with Crippen LogP contribution < -0.4 is 4.74 Å². The van der Waals surface area contributed by atoms with Crippen molar-refractivity contribution < 1.29 is 19.6 Å². The number of nitrogens with zero attached hydrogens (tertiary/aromatic N) is 1. The van der Waals surface area contributed by atoms with Crippen LogP contribution in [0.1, 0.15) is 24.0 Å². The third kappa shape index (κ3) is 1.75. The number of hydrogen-bond acceptors (Lipinski definition) is 4. The summed E-state index contributed by atoms with van der Waals surface area (Å²) in [7, 11) is 1.69. The third-order valence-corrected chi connectivity index (χ3v) is 5.10. The molecule has 2 N–H and O–H groups in total. The third-order valence-electron chi connectivity index (χ3n) is 5.10. The first-order chi connectivity index (χ1) is 9.91. The van der Waals surface area contributed by atoms with Gasteiger partial charge in [0, 0.05) is 24.0 Å². The number of aliphatic hydroxyl groups is 1. The van der Waals surface area contributed by atoms with E-state index in [9.17, 15) is 15.4 Å². The fraction of sp³-hybridized carbons (Fsp3) is 0.500. The number of rotatable bonds is 0. The minimum absolute atomic E-state index is 0.118. The number of aromatic hydroxyl groups is 1. The molecule has 0 aromatic heterocycles. The standard InChI is InChI=1S/C16H19NO4/c1-17(20)7-6-16-5-4-11(18)8-13(16)21-15-12(19)3-2-10(9-17)14(15)16/h2-5,11,13,18-19H,6-9H2,1H3/t11-,13-,16-,17?/m0/s1. The van der Waals surface area contributed by atoms with Crippen LogP contribution in [0.15, 0.2) is 24.3 Å². The number of ether oxygens (including phenoxy) is 1. The molecule has 2 aliphatic heterocycles. The average molecular weight is 289 g/mol. The van der Waals surface area contributed by atoms with Gasteiger partial charge in [-0.3, -0.25) is 0 Å². The summed E-state index contributed by atoms with van der Waals surface area (Å²) in [5.41, 5.74) is 1.51. The summed E-state index contributed by atoms with van der Waals surface area (Å²) in [5, 5.41) is 32.6. The van der Waals surface area contributed by atoms with Crippen molar-refractivity contribution in [1.82, 2.24) is 0 Å². The van der Waals surface area contributed by atoms with Crippen LogP contribution in [0.2, 0.25) is 0 Å². The second kappa shape index (κ2) is 4.00. The van der Waals surface area contributed by atoms with Crippen LogP contribution in [0, 0.1) is 5.21 Å². The minimum atomic E-state index is -0.531. The van der Waals surface area contributed by atoms with Crippen molar-refractivity contribution in [2.45, 2.75) is 37.0 Å². The molecular weight excluding hydrogens is 270 g/mol. The molecule has 21 heavy (non-hydrogen) atoms. The molecule has 0 amide bonds. The van der Waals surface area contributed by atoms with Crippen molar-refractivity contribution >= 4 is 0 Å². The summed E-state index contributed by atoms with van der Waals surface area (Å²) in [6, 6.07) is 3.44. The lowest BCUT2D eigenvalue weighted by Gasteiger charge is -2.40. The van der Waals surface area contributed by atoms with E-state index >= 15 is 0 Å². The molecule has 3 aliphatic rings. The fourth-order valence-corrected chi connectivity index (χ4v) is 4.04. The molecule has 5 heteroatoms. The van der Waals surface area contributed by atoms with Crippen molar-refractivity contribution in [3.63, 3.8) is 0 Å². The number of hydroxylamine groups is 3. The van der Waals surface area contributed by atoms with Gasteiger partial charge in [-0.15, -0.1) is 0 Å². The van der Waals surface area contributed by atoms with Gasteiger partial charge in [0.05, 0.1) is 25.1 Å². The molecule has 0 saturated heterocycles. The molecule has 0 saturated carbocycles. The van der Waals surface area contributed by atoms with Crippen molar-refractivity contribution in [2.24, 2.45) is 0 Å². The van der Waals surface area contributed by atoms with Gasteiger partial charge >= 0.3 is 0 Å². The van der Waals surface area contributed by atoms with E-state index in [1.165, 1.54) is 0 Å². The Kier molecular flexibility index (Phi) is 2.50. The summed E-state index contributed by atoms with van der Waals surface area (Å²) in [6.45, 7) is 0.881. The van der Waals surface area contributed by atoms with Gasteiger partial charge in [-0.2, -0.15) is 0 Å². The van der Waals surface area contributed by atoms with Gasteiger partial charge in [-0.1, -0.05) is 12.2 Å². The van der Waals surface area contributed by atoms with Gasteiger partial charge in [0.25, 0.3) is 0 Å². The summed E-state index contributed by atoms with van der Waals surface area (Å²) in [6.07, 6.45) is 4.21. The molecule has 2 heterocycles. The van der Waals surface area contributed by atoms with Crippen LogP contribution in [-0.4, -0.2) is 40.7 Å². The van der Waals surface area contributed by atoms with Crippen LogP contribution in [0.5, 0.6) is 11.5 Å². The Morgan fingerprint density at radius 3 is 3.05 bits per heavy atom. The molecule has 0 bridgehead atoms. The predicted octanol–water partition coefficient (Wildman–Crippen LogP) is 1.56. The molecule has 4 rings (SSSR count). The Hall–Kier alpha value is -1.56. The molecule has 112 valence electrons. The molecule has 1 aromatic carbocycles. The van der Waals surface area contributed by atoms with Crippen molar-refractivity contribution in [2.75, 3.05) is 13.6 Å². The lowest BCUT2D eigenvalue weighted by atomic mass is 9.69. The minimum Gasteiger partial charge on any atom is -0.633 e. The van der Waals surface area contributed by atoms with Gasteiger partial charge in [0.2, 0.25) is 0 Å². The van der Waals surface area contributed by atoms with Crippen LogP contribution >= 0.6 is 0 Å². The molecule has 5 nitrogen and oxygen atoms in total. The van der Waals surface area contributed by atoms with Crippen molar-refractivity contribution in [1.29, 1.82) is 0 Å². The molecule has 4 atom stereocenters. The number of quaternary nitrogens is 1. The first-order valence-electron chi connectivity index (χ1n) is 7.36. The second-order valence-corrected chi connectivity index (χ2v) is 6.69. The van der Waals surface area contributed by atoms with Crippen LogP contribution in [-0.2, 0) is 12.0 Å². The van der Waals surface area contributed by atoms with E-state index in [4.69, 9.17) is 4.74 Å². The highest BCUT2D eigenvalue weighted by Crippen LogP contribution is 2.55. The average Bonchev–Trinajstić information content (AvgIpc) is 2.70. The number of aliphatic hydroxyl groups excluding tert-OH is 1. The molecular formula is C16H19NO4. The quantitative estimate of drug-likeness (QED) is 0.432. The highest BCUT2D eigenvalue weighted by molar-refractivity contribution is 5.60. The maximum atomic E-state index is 12.6. The van der Waals surface area contributed by atoms with Gasteiger partial charge in [-0.25, -0.2) is 0 Å². The van der Waals surface area contributed by atoms with E-state index < -0.39 is 6.10 Å². The molecule has 0 fully saturated rings. The van der Waals surface area contributed by atoms with Crippen molar-refractivity contribution in [3.05, 3.63) is 40.6 Å². The zero-order valence-corrected chi connectivity index (χ0v) is 12.0. The fourth-order valence-electron chi connectivity index (χ4n) is 4.04. The van der Waals surface area contributed by atoms with E-state index in [-0.39, 0.29) is 21.9 Å². The van der Waals surface area contributed by atoms with Gasteiger partial charge in [0.1, 0.15) is 12.6 Å². The van der Waals surface area contributed by atoms with Gasteiger partial charge < -0.3 is 24.8 Å². The summed E-state index contributed by atoms with van der Waals surface area (Å²) in [4.78, 5) is 0. The second-order valence-electron chi connectivity index (χ2n) is 6.69. The first-order valence-corrected chi connectivity index (χ1v) is 7.36. The van der Waals surface area contributed by atoms with Crippen molar-refractivity contribution in [3.8, 4) is 11.5 Å². The molecule has 1 spiro atoms. The summed E-state index contributed by atoms with van der Waals surface area (Å²) < 4.78 is 5.66. The van der Waals surface area contributed by atoms with E-state index in [2.05, 4.69) is 0 Å². The normalized spacial score (nSPS) is 40.1. The number of benzene rings is 1. The Morgan fingerprint density at radius 2 is 2.24 bits per heavy atom. The predicted molar refractivity (Wildman–Crippen MR) is 76.7 cm³/mol. The van der Waals surface area contributed by atoms with Gasteiger partial charge in [-0.05, 0) is 12.1 Å². The molecule has 1 unspecified atom stereocenters. The molecule has 1 aliphatic carbocycles. The lowest BCUT2D eigenvalue weighted by molar-refractivity contribution is -0.874. The van der Waals surface area contributed by atoms with E-state index in [0.29, 0.717) is 31.7 Å². The zero-order valence-electron chi connectivity index (χ0n) is 12.0. The van der Waals surface area contributed by atoms with E-state index in [0.717, 1.165) is 11.1 Å². The maximum absolute atomic E-state index is 12.6. The number of phenolic OH excluding ortho intramolecular Hbond substituents is 1. The lowest BCUT2D eigenvalue weighted by Crippen LogP contribution is -2.44. The molecule has 1 aromatic rings. The number of phenols is 1. The highest BCUT2D eigenvalue weighted by atomic mass is 16.5. The Bertz CT molecular complexity index is 639. The SMILES string of the molecule is C[N+]1([O-])CC[C@@]23C=C[C@H](O)C[C@@H]2Oc2c(O)ccc(c23)C1. The smallest absolute Gasteiger partial charge is 0.166 e. The van der Waals surface area contributed by atoms with Crippen LogP contribution in [0.3, 0.4) is 0 Å². The molecule has 0 radical (unpaired) electrons.